The second kappa shape index (κ2) is 12.3. The van der Waals surface area contributed by atoms with E-state index in [1.54, 1.807) is 43.8 Å². The summed E-state index contributed by atoms with van der Waals surface area (Å²) in [5, 5.41) is 10.3. The summed E-state index contributed by atoms with van der Waals surface area (Å²) in [7, 11) is -5.59. The Morgan fingerprint density at radius 2 is 1.67 bits per heavy atom. The number of benzene rings is 3. The first-order valence-corrected chi connectivity index (χ1v) is 18.0. The lowest BCUT2D eigenvalue weighted by molar-refractivity contribution is -0.138. The lowest BCUT2D eigenvalue weighted by Crippen LogP contribution is -2.42. The van der Waals surface area contributed by atoms with Crippen molar-refractivity contribution in [2.24, 2.45) is 0 Å². The number of carboxylic acid groups (broad SMARTS) is 1. The average molecular weight is 660 g/mol. The number of nitrogens with zero attached hydrogens (tertiary/aromatic N) is 3. The molecule has 2 aromatic heterocycles. The molecule has 1 unspecified atom stereocenters. The average Bonchev–Trinajstić information content (AvgIpc) is 3.43. The predicted molar refractivity (Wildman–Crippen MR) is 176 cm³/mol. The molecule has 1 aliphatic rings. The van der Waals surface area contributed by atoms with Gasteiger partial charge in [0.15, 0.2) is 15.5 Å². The van der Waals surface area contributed by atoms with Crippen molar-refractivity contribution in [3.05, 3.63) is 102 Å². The predicted octanol–water partition coefficient (Wildman–Crippen LogP) is 5.17. The van der Waals surface area contributed by atoms with Crippen LogP contribution in [0.25, 0.3) is 33.3 Å². The number of carbonyl (C=O) groups is 1. The molecule has 46 heavy (non-hydrogen) atoms. The zero-order chi connectivity index (χ0) is 32.6. The van der Waals surface area contributed by atoms with Crippen LogP contribution in [-0.4, -0.2) is 73.5 Å². The summed E-state index contributed by atoms with van der Waals surface area (Å²) in [4.78, 5) is 18.6. The molecule has 6 rings (SSSR count). The van der Waals surface area contributed by atoms with Crippen LogP contribution in [0.15, 0.2) is 96.2 Å². The summed E-state index contributed by atoms with van der Waals surface area (Å²) in [6, 6.07) is 22.8. The number of hydrogen-bond acceptors (Lipinski definition) is 8. The highest BCUT2D eigenvalue weighted by atomic mass is 32.2. The fourth-order valence-corrected chi connectivity index (χ4v) is 8.47. The third-order valence-corrected chi connectivity index (χ3v) is 11.7. The van der Waals surface area contributed by atoms with E-state index in [1.807, 2.05) is 66.4 Å². The molecule has 238 valence electrons. The highest BCUT2D eigenvalue weighted by molar-refractivity contribution is 7.91. The fraction of sp³-hybridized carbons (Fsp3) is 0.235. The summed E-state index contributed by atoms with van der Waals surface area (Å²) < 4.78 is 58.8. The number of pyridine rings is 1. The molecule has 0 radical (unpaired) electrons. The molecule has 0 spiro atoms. The maximum Gasteiger partial charge on any atom is 0.305 e. The van der Waals surface area contributed by atoms with Crippen molar-refractivity contribution >= 4 is 36.9 Å². The molecule has 1 fully saturated rings. The van der Waals surface area contributed by atoms with Gasteiger partial charge >= 0.3 is 5.97 Å². The number of aromatic nitrogens is 2. The number of aliphatic carboxylic acids is 1. The number of rotatable bonds is 9. The third kappa shape index (κ3) is 6.15. The maximum absolute atomic E-state index is 13.9. The number of fused-ring (bicyclic) bond motifs is 1. The maximum atomic E-state index is 13.9. The summed E-state index contributed by atoms with van der Waals surface area (Å²) in [5.41, 5.74) is 4.70. The molecular formula is C34H33N3O7S2. The van der Waals surface area contributed by atoms with Gasteiger partial charge in [0, 0.05) is 53.6 Å². The second-order valence-electron chi connectivity index (χ2n) is 11.4. The molecule has 3 heterocycles. The van der Waals surface area contributed by atoms with Crippen LogP contribution in [0.5, 0.6) is 5.75 Å². The fourth-order valence-electron chi connectivity index (χ4n) is 5.91. The minimum atomic E-state index is -4.01. The molecule has 0 saturated carbocycles. The molecule has 5 aromatic rings. The van der Waals surface area contributed by atoms with Crippen molar-refractivity contribution in [1.82, 2.24) is 13.9 Å². The number of aryl methyl sites for hydroxylation is 1. The molecule has 0 bridgehead atoms. The standard InChI is InChI=1S/C34H33N3O7S2/c1-23-10-12-27(13-11-23)46(42,43)37-22-30(28-8-3-4-9-32(28)44-2)29-19-26(21-35-34(29)37)24-6-5-7-25(18-24)31(20-33(38)39)36-14-16-45(40,41)17-15-36/h3-13,18-19,21-22,31H,14-17,20H2,1-2H3,(H,38,39). The van der Waals surface area contributed by atoms with Gasteiger partial charge < -0.3 is 9.84 Å². The first-order valence-electron chi connectivity index (χ1n) is 14.7. The zero-order valence-corrected chi connectivity index (χ0v) is 27.0. The van der Waals surface area contributed by atoms with E-state index in [4.69, 9.17) is 4.74 Å². The second-order valence-corrected chi connectivity index (χ2v) is 15.5. The summed E-state index contributed by atoms with van der Waals surface area (Å²) in [6.07, 6.45) is 2.99. The Morgan fingerprint density at radius 1 is 0.957 bits per heavy atom. The van der Waals surface area contributed by atoms with Gasteiger partial charge in [-0.25, -0.2) is 25.8 Å². The van der Waals surface area contributed by atoms with Crippen molar-refractivity contribution in [1.29, 1.82) is 0 Å². The first-order chi connectivity index (χ1) is 22.0. The third-order valence-electron chi connectivity index (χ3n) is 8.38. The number of hydrogen-bond donors (Lipinski definition) is 1. The Kier molecular flexibility index (Phi) is 8.45. The SMILES string of the molecule is COc1ccccc1-c1cn(S(=O)(=O)c2ccc(C)cc2)c2ncc(-c3cccc(C(CC(=O)O)N4CCS(=O)(=O)CC4)c3)cc12. The zero-order valence-electron chi connectivity index (χ0n) is 25.3. The van der Waals surface area contributed by atoms with Crippen molar-refractivity contribution in [3.63, 3.8) is 0 Å². The highest BCUT2D eigenvalue weighted by Crippen LogP contribution is 2.39. The van der Waals surface area contributed by atoms with Crippen molar-refractivity contribution in [2.75, 3.05) is 31.7 Å². The van der Waals surface area contributed by atoms with E-state index in [2.05, 4.69) is 4.98 Å². The van der Waals surface area contributed by atoms with Gasteiger partial charge in [-0.15, -0.1) is 0 Å². The van der Waals surface area contributed by atoms with E-state index >= 15 is 0 Å². The van der Waals surface area contributed by atoms with Crippen LogP contribution in [0.1, 0.15) is 23.6 Å². The Labute approximate surface area is 267 Å². The summed E-state index contributed by atoms with van der Waals surface area (Å²) in [6.45, 7) is 2.40. The minimum absolute atomic E-state index is 0.0163. The molecule has 1 aliphatic heterocycles. The van der Waals surface area contributed by atoms with Crippen LogP contribution in [0, 0.1) is 6.92 Å². The molecule has 12 heteroatoms. The Hall–Kier alpha value is -4.52. The van der Waals surface area contributed by atoms with Crippen LogP contribution in [0.2, 0.25) is 0 Å². The smallest absolute Gasteiger partial charge is 0.305 e. The normalized spacial score (nSPS) is 15.9. The lowest BCUT2D eigenvalue weighted by Gasteiger charge is -2.34. The van der Waals surface area contributed by atoms with Crippen LogP contribution in [-0.2, 0) is 24.7 Å². The summed E-state index contributed by atoms with van der Waals surface area (Å²) in [5.74, 6) is -0.443. The number of methoxy groups -OCH3 is 1. The van der Waals surface area contributed by atoms with E-state index in [-0.39, 0.29) is 41.6 Å². The van der Waals surface area contributed by atoms with Gasteiger partial charge in [-0.3, -0.25) is 9.69 Å². The molecule has 0 aliphatic carbocycles. The molecule has 1 saturated heterocycles. The van der Waals surface area contributed by atoms with Gasteiger partial charge in [0.05, 0.1) is 29.9 Å². The Morgan fingerprint density at radius 3 is 2.37 bits per heavy atom. The van der Waals surface area contributed by atoms with Gasteiger partial charge in [-0.05, 0) is 48.4 Å². The van der Waals surface area contributed by atoms with E-state index in [0.29, 0.717) is 27.8 Å². The van der Waals surface area contributed by atoms with Crippen LogP contribution >= 0.6 is 0 Å². The van der Waals surface area contributed by atoms with Crippen molar-refractivity contribution in [2.45, 2.75) is 24.3 Å². The molecule has 0 amide bonds. The number of para-hydroxylation sites is 1. The van der Waals surface area contributed by atoms with Crippen molar-refractivity contribution < 1.29 is 31.5 Å². The Bertz CT molecular complexity index is 2140. The first kappa shape index (κ1) is 31.5. The van der Waals surface area contributed by atoms with Gasteiger partial charge in [0.2, 0.25) is 0 Å². The molecule has 1 atom stereocenters. The number of sulfone groups is 1. The number of carboxylic acids is 1. The van der Waals surface area contributed by atoms with Gasteiger partial charge in [-0.2, -0.15) is 0 Å². The largest absolute Gasteiger partial charge is 0.496 e. The van der Waals surface area contributed by atoms with Crippen LogP contribution < -0.4 is 4.74 Å². The van der Waals surface area contributed by atoms with E-state index in [0.717, 1.165) is 16.7 Å². The highest BCUT2D eigenvalue weighted by Gasteiger charge is 2.30. The van der Waals surface area contributed by atoms with Gasteiger partial charge in [0.25, 0.3) is 10.0 Å². The van der Waals surface area contributed by atoms with Gasteiger partial charge in [0.1, 0.15) is 5.75 Å². The van der Waals surface area contributed by atoms with E-state index in [1.165, 1.54) is 3.97 Å². The summed E-state index contributed by atoms with van der Waals surface area (Å²) >= 11 is 0. The van der Waals surface area contributed by atoms with Crippen LogP contribution in [0.3, 0.4) is 0 Å². The monoisotopic (exact) mass is 659 g/mol. The molecular weight excluding hydrogens is 627 g/mol. The molecule has 3 aromatic carbocycles. The number of ether oxygens (including phenoxy) is 1. The quantitative estimate of drug-likeness (QED) is 0.227. The topological polar surface area (TPSA) is 136 Å². The lowest BCUT2D eigenvalue weighted by atomic mass is 9.96. The Balaban J connectivity index is 1.48. The van der Waals surface area contributed by atoms with Crippen molar-refractivity contribution in [3.8, 4) is 28.0 Å². The molecule has 1 N–H and O–H groups in total. The van der Waals surface area contributed by atoms with Gasteiger partial charge in [-0.1, -0.05) is 54.1 Å². The molecule has 10 nitrogen and oxygen atoms in total. The minimum Gasteiger partial charge on any atom is -0.496 e. The van der Waals surface area contributed by atoms with E-state index in [9.17, 15) is 26.7 Å². The van der Waals surface area contributed by atoms with Crippen LogP contribution in [0.4, 0.5) is 0 Å². The van der Waals surface area contributed by atoms with E-state index < -0.39 is 31.9 Å².